The Morgan fingerprint density at radius 2 is 0.643 bits per heavy atom. The highest BCUT2D eigenvalue weighted by atomic mass is 16.5. The van der Waals surface area contributed by atoms with Crippen LogP contribution in [-0.2, 0) is 0 Å². The van der Waals surface area contributed by atoms with Crippen LogP contribution >= 0.6 is 0 Å². The first-order chi connectivity index (χ1) is 56.9. The number of aromatic nitrogens is 4. The fourth-order valence-electron chi connectivity index (χ4n) is 20.8. The molecule has 0 unspecified atom stereocenters. The molecule has 20 aromatic rings. The van der Waals surface area contributed by atoms with Gasteiger partial charge in [0, 0.05) is 66.0 Å². The highest BCUT2D eigenvalue weighted by Gasteiger charge is 2.45. The van der Waals surface area contributed by atoms with E-state index in [2.05, 4.69) is 297 Å². The first kappa shape index (κ1) is 63.4. The van der Waals surface area contributed by atoms with Crippen LogP contribution in [-0.4, -0.2) is 45.1 Å². The summed E-state index contributed by atoms with van der Waals surface area (Å²) in [6.45, 7) is 10.5. The maximum atomic E-state index is 9.46. The van der Waals surface area contributed by atoms with Gasteiger partial charge in [-0.2, -0.15) is 10.5 Å². The van der Waals surface area contributed by atoms with Crippen LogP contribution < -0.4 is 84.5 Å². The minimum Gasteiger partial charge on any atom is -0.458 e. The van der Waals surface area contributed by atoms with Crippen LogP contribution in [0.2, 0.25) is 0 Å². The number of hydrogen-bond donors (Lipinski definition) is 0. The van der Waals surface area contributed by atoms with E-state index in [1.807, 2.05) is 60.7 Å². The van der Waals surface area contributed by atoms with Crippen molar-refractivity contribution in [1.82, 2.24) is 18.3 Å². The van der Waals surface area contributed by atoms with Crippen molar-refractivity contribution in [3.8, 4) is 80.9 Å². The lowest BCUT2D eigenvalue weighted by atomic mass is 9.34. The van der Waals surface area contributed by atoms with Gasteiger partial charge in [-0.25, -0.2) is 4.85 Å². The summed E-state index contributed by atoms with van der Waals surface area (Å²) < 4.78 is 34.9. The Bertz CT molecular complexity index is 7900. The second-order valence-corrected chi connectivity index (χ2v) is 30.8. The Labute approximate surface area is 660 Å². The molecule has 16 aromatic carbocycles. The Balaban J connectivity index is 0.0000000862. The van der Waals surface area contributed by atoms with Crippen molar-refractivity contribution in [2.45, 2.75) is 6.92 Å². The highest BCUT2D eigenvalue weighted by molar-refractivity contribution is 7.01. The number of nitriles is 2. The lowest BCUT2D eigenvalue weighted by Gasteiger charge is -2.33. The summed E-state index contributed by atoms with van der Waals surface area (Å²) in [6.07, 6.45) is 0. The smallest absolute Gasteiger partial charge is 0.256 e. The third kappa shape index (κ3) is 8.53. The fraction of sp³-hybridized carbons (Fsp3) is 0.0100. The van der Waals surface area contributed by atoms with Gasteiger partial charge in [-0.15, -0.1) is 0 Å². The van der Waals surface area contributed by atoms with E-state index in [-0.39, 0.29) is 26.9 Å². The standard InChI is InChI=1S/3C25H13BN2O.C25H16BNO/c1-27-18-9-6-11-20-23(18)15-13-14-22-24-25(15)28(20)19-10-4-2-7-16(19)26(24)17-8-3-5-12-21(17)29-22;27-14-15-9-11-20-17(13-15)16-10-12-23-24-25(16)28(20)21-7-3-1-5-18(21)26(24)19-6-2-4-8-22(19)29-23;27-14-15-9-10-16-17-11-12-23-24-25(17)28(21(16)13-15)20-7-3-1-5-18(20)26(24)19-6-2-4-8-22(19)29-23;1-15-14-22-24-25-23(15)16-8-2-5-11-19(16)27(25)20-12-6-3-9-17(20)26(24)18-10-4-7-13-21(18)28-22/h2-14H;2*1-13H;2-14H,1H3. The van der Waals surface area contributed by atoms with Crippen molar-refractivity contribution in [3.63, 3.8) is 0 Å². The van der Waals surface area contributed by atoms with E-state index >= 15 is 0 Å². The second kappa shape index (κ2) is 23.6. The van der Waals surface area contributed by atoms with Gasteiger partial charge in [0.2, 0.25) is 0 Å². The molecule has 0 N–H and O–H groups in total. The molecule has 12 heterocycles. The van der Waals surface area contributed by atoms with Crippen molar-refractivity contribution < 1.29 is 18.9 Å². The first-order valence-electron chi connectivity index (χ1n) is 38.9. The van der Waals surface area contributed by atoms with Crippen molar-refractivity contribution in [1.29, 1.82) is 10.5 Å². The van der Waals surface area contributed by atoms with Gasteiger partial charge < -0.3 is 37.2 Å². The zero-order valence-electron chi connectivity index (χ0n) is 61.6. The Hall–Kier alpha value is -15.4. The highest BCUT2D eigenvalue weighted by Crippen LogP contribution is 2.46. The molecule has 0 atom stereocenters. The topological polar surface area (TPSA) is 109 Å². The lowest BCUT2D eigenvalue weighted by Crippen LogP contribution is -2.58. The maximum absolute atomic E-state index is 9.46. The van der Waals surface area contributed by atoms with Crippen LogP contribution in [0.15, 0.2) is 315 Å². The van der Waals surface area contributed by atoms with Crippen LogP contribution in [0, 0.1) is 36.2 Å². The molecule has 0 saturated carbocycles. The molecule has 11 nitrogen and oxygen atoms in total. The van der Waals surface area contributed by atoms with Crippen molar-refractivity contribution in [2.24, 2.45) is 0 Å². The summed E-state index contributed by atoms with van der Waals surface area (Å²) in [5.41, 5.74) is 32.5. The molecule has 0 fully saturated rings. The van der Waals surface area contributed by atoms with E-state index in [9.17, 15) is 10.5 Å². The van der Waals surface area contributed by atoms with Gasteiger partial charge in [-0.1, -0.05) is 182 Å². The van der Waals surface area contributed by atoms with Crippen LogP contribution in [0.5, 0.6) is 46.0 Å². The van der Waals surface area contributed by atoms with Gasteiger partial charge in [0.25, 0.3) is 26.9 Å². The summed E-state index contributed by atoms with van der Waals surface area (Å²) in [6, 6.07) is 114. The second-order valence-electron chi connectivity index (χ2n) is 30.8. The van der Waals surface area contributed by atoms with E-state index in [1.54, 1.807) is 0 Å². The van der Waals surface area contributed by atoms with Crippen LogP contribution in [0.1, 0.15) is 16.7 Å². The largest absolute Gasteiger partial charge is 0.458 e. The number of rotatable bonds is 0. The van der Waals surface area contributed by atoms with Crippen LogP contribution in [0.3, 0.4) is 0 Å². The van der Waals surface area contributed by atoms with Gasteiger partial charge in [-0.3, -0.25) is 0 Å². The number of nitrogens with zero attached hydrogens (tertiary/aromatic N) is 7. The summed E-state index contributed by atoms with van der Waals surface area (Å²) in [4.78, 5) is 3.82. The first-order valence-corrected chi connectivity index (χ1v) is 38.9. The number of hydrogen-bond acceptors (Lipinski definition) is 6. The van der Waals surface area contributed by atoms with Crippen molar-refractivity contribution in [2.75, 3.05) is 0 Å². The lowest BCUT2D eigenvalue weighted by molar-refractivity contribution is 0.487. The molecular formula is C100H55B4N7O4. The Morgan fingerprint density at radius 3 is 1.15 bits per heavy atom. The maximum Gasteiger partial charge on any atom is 0.256 e. The molecule has 0 amide bonds. The SMILES string of the molecule is Cc1cc2c3c4c1c1ccccc1n4-c1ccccc1B3c1ccccc1O2.N#Cc1ccc2c(c1)c1ccc3c4c1n2-c1ccccc1B4c1ccccc1O3.N#Cc1ccc2c3ccc4c5c3n(c2c1)-c1ccccc1B5c1ccccc1O4.[C-]#[N+]c1cccc2c1c1ccc3c4c1n2-c1ccccc1B4c1ccccc1O3. The predicted octanol–water partition coefficient (Wildman–Crippen LogP) is 15.5. The van der Waals surface area contributed by atoms with E-state index in [0.29, 0.717) is 16.8 Å². The minimum absolute atomic E-state index is 0.128. The van der Waals surface area contributed by atoms with E-state index in [4.69, 9.17) is 25.5 Å². The molecule has 4 aromatic heterocycles. The molecule has 0 spiro atoms. The number of para-hydroxylation sites is 9. The summed E-state index contributed by atoms with van der Waals surface area (Å²) in [5.74, 6) is 7.48. The van der Waals surface area contributed by atoms with E-state index in [1.165, 1.54) is 137 Å². The minimum atomic E-state index is 0.128. The van der Waals surface area contributed by atoms with E-state index < -0.39 is 0 Å². The zero-order chi connectivity index (χ0) is 75.7. The molecule has 0 aliphatic carbocycles. The third-order valence-electron chi connectivity index (χ3n) is 25.2. The molecule has 8 aliphatic rings. The monoisotopic (exact) mass is 1460 g/mol. The quantitative estimate of drug-likeness (QED) is 0.111. The van der Waals surface area contributed by atoms with Gasteiger partial charge in [0.1, 0.15) is 46.0 Å². The van der Waals surface area contributed by atoms with Crippen molar-refractivity contribution in [3.05, 3.63) is 344 Å². The van der Waals surface area contributed by atoms with Gasteiger partial charge in [-0.05, 0) is 217 Å². The van der Waals surface area contributed by atoms with Crippen LogP contribution in [0.4, 0.5) is 5.69 Å². The Morgan fingerprint density at radius 1 is 0.278 bits per heavy atom. The fourth-order valence-corrected chi connectivity index (χ4v) is 20.8. The Kier molecular flexibility index (Phi) is 13.0. The molecule has 0 bridgehead atoms. The van der Waals surface area contributed by atoms with Crippen LogP contribution in [0.25, 0.3) is 115 Å². The average molecular weight is 1460 g/mol. The predicted molar refractivity (Wildman–Crippen MR) is 468 cm³/mol. The molecule has 15 heteroatoms. The molecule has 8 aliphatic heterocycles. The summed E-state index contributed by atoms with van der Waals surface area (Å²) >= 11 is 0. The number of benzene rings is 16. The number of aryl methyl sites for hydroxylation is 1. The third-order valence-corrected chi connectivity index (χ3v) is 25.2. The molecule has 115 heavy (non-hydrogen) atoms. The molecule has 0 radical (unpaired) electrons. The average Bonchev–Trinajstić information content (AvgIpc) is 1.57. The number of ether oxygens (including phenoxy) is 4. The van der Waals surface area contributed by atoms with E-state index in [0.717, 1.165) is 89.6 Å². The summed E-state index contributed by atoms with van der Waals surface area (Å²) in [5, 5.41) is 28.3. The van der Waals surface area contributed by atoms with Gasteiger partial charge in [0.15, 0.2) is 5.69 Å². The molecule has 28 rings (SSSR count). The van der Waals surface area contributed by atoms with Gasteiger partial charge in [0.05, 0.1) is 68.5 Å². The zero-order valence-corrected chi connectivity index (χ0v) is 61.6. The molecule has 0 saturated heterocycles. The molecule has 526 valence electrons. The normalized spacial score (nSPS) is 13.1. The van der Waals surface area contributed by atoms with Gasteiger partial charge >= 0.3 is 0 Å². The number of fused-ring (bicyclic) bond motifs is 32. The molecular weight excluding hydrogens is 1410 g/mol. The summed E-state index contributed by atoms with van der Waals surface area (Å²) in [7, 11) is 0. The van der Waals surface area contributed by atoms with Crippen molar-refractivity contribution >= 4 is 185 Å².